The predicted octanol–water partition coefficient (Wildman–Crippen LogP) is 4.92. The lowest BCUT2D eigenvalue weighted by molar-refractivity contribution is 0.0337. The van der Waals surface area contributed by atoms with Crippen LogP contribution in [0, 0.1) is 0 Å². The van der Waals surface area contributed by atoms with Crippen molar-refractivity contribution in [3.63, 3.8) is 0 Å². The standard InChI is InChI=1S/C20H35N3/c1-17(2,3)14-13-12-23(19(7,8)9)20(10,11)15(13)22-16(21-14)18(4,5)6/h12H2,1-11H3. The van der Waals surface area contributed by atoms with Crippen LogP contribution in [0.1, 0.15) is 98.9 Å². The summed E-state index contributed by atoms with van der Waals surface area (Å²) in [4.78, 5) is 12.7. The lowest BCUT2D eigenvalue weighted by Gasteiger charge is -2.42. The lowest BCUT2D eigenvalue weighted by atomic mass is 9.85. The van der Waals surface area contributed by atoms with Gasteiger partial charge in [-0.2, -0.15) is 0 Å². The first-order chi connectivity index (χ1) is 10.1. The number of hydrogen-bond donors (Lipinski definition) is 0. The summed E-state index contributed by atoms with van der Waals surface area (Å²) in [6.07, 6.45) is 0. The Morgan fingerprint density at radius 3 is 1.74 bits per heavy atom. The third-order valence-corrected chi connectivity index (χ3v) is 4.77. The Morgan fingerprint density at radius 1 is 0.826 bits per heavy atom. The fraction of sp³-hybridized carbons (Fsp3) is 0.800. The summed E-state index contributed by atoms with van der Waals surface area (Å²) < 4.78 is 0. The molecule has 2 heterocycles. The molecule has 0 saturated heterocycles. The second-order valence-electron chi connectivity index (χ2n) is 10.5. The van der Waals surface area contributed by atoms with E-state index < -0.39 is 0 Å². The van der Waals surface area contributed by atoms with Crippen LogP contribution < -0.4 is 0 Å². The van der Waals surface area contributed by atoms with Gasteiger partial charge in [-0.05, 0) is 34.6 Å². The summed E-state index contributed by atoms with van der Waals surface area (Å²) in [6, 6.07) is 0. The van der Waals surface area contributed by atoms with Gasteiger partial charge < -0.3 is 0 Å². The molecular formula is C20H35N3. The molecule has 0 N–H and O–H groups in total. The van der Waals surface area contributed by atoms with Crippen LogP contribution in [0.2, 0.25) is 0 Å². The van der Waals surface area contributed by atoms with Gasteiger partial charge in [-0.1, -0.05) is 41.5 Å². The van der Waals surface area contributed by atoms with E-state index in [2.05, 4.69) is 81.1 Å². The van der Waals surface area contributed by atoms with E-state index in [9.17, 15) is 0 Å². The highest BCUT2D eigenvalue weighted by molar-refractivity contribution is 5.39. The van der Waals surface area contributed by atoms with Crippen LogP contribution in [0.5, 0.6) is 0 Å². The molecule has 1 aromatic heterocycles. The topological polar surface area (TPSA) is 29.0 Å². The highest BCUT2D eigenvalue weighted by atomic mass is 15.3. The first-order valence-electron chi connectivity index (χ1n) is 8.76. The minimum atomic E-state index is -0.0729. The van der Waals surface area contributed by atoms with Gasteiger partial charge in [0, 0.05) is 28.5 Å². The molecule has 0 radical (unpaired) electrons. The fourth-order valence-corrected chi connectivity index (χ4v) is 3.65. The van der Waals surface area contributed by atoms with E-state index in [1.165, 1.54) is 17.0 Å². The molecule has 0 saturated carbocycles. The van der Waals surface area contributed by atoms with E-state index in [0.29, 0.717) is 0 Å². The van der Waals surface area contributed by atoms with Crippen LogP contribution in [-0.2, 0) is 22.9 Å². The molecule has 0 aromatic carbocycles. The predicted molar refractivity (Wildman–Crippen MR) is 97.8 cm³/mol. The summed E-state index contributed by atoms with van der Waals surface area (Å²) in [5.74, 6) is 0.963. The minimum Gasteiger partial charge on any atom is -0.283 e. The maximum absolute atomic E-state index is 5.06. The second-order valence-corrected chi connectivity index (χ2v) is 10.5. The Kier molecular flexibility index (Phi) is 4.01. The molecule has 1 aliphatic heterocycles. The maximum Gasteiger partial charge on any atom is 0.134 e. The Morgan fingerprint density at radius 2 is 1.35 bits per heavy atom. The van der Waals surface area contributed by atoms with Gasteiger partial charge in [-0.25, -0.2) is 9.97 Å². The molecule has 3 heteroatoms. The van der Waals surface area contributed by atoms with Crippen molar-refractivity contribution in [2.75, 3.05) is 0 Å². The Hall–Kier alpha value is -0.960. The van der Waals surface area contributed by atoms with Crippen molar-refractivity contribution >= 4 is 0 Å². The molecule has 0 atom stereocenters. The van der Waals surface area contributed by atoms with E-state index in [1.54, 1.807) is 0 Å². The van der Waals surface area contributed by atoms with Crippen LogP contribution in [0.15, 0.2) is 0 Å². The summed E-state index contributed by atoms with van der Waals surface area (Å²) in [5, 5.41) is 0. The number of aromatic nitrogens is 2. The molecule has 0 unspecified atom stereocenters. The van der Waals surface area contributed by atoms with Gasteiger partial charge in [-0.3, -0.25) is 4.90 Å². The summed E-state index contributed by atoms with van der Waals surface area (Å²) in [5.41, 5.74) is 3.78. The molecule has 0 bridgehead atoms. The number of nitrogens with zero attached hydrogens (tertiary/aromatic N) is 3. The first kappa shape index (κ1) is 18.4. The monoisotopic (exact) mass is 317 g/mol. The molecule has 1 aromatic rings. The van der Waals surface area contributed by atoms with Crippen LogP contribution in [0.4, 0.5) is 0 Å². The Balaban J connectivity index is 2.76. The average molecular weight is 318 g/mol. The number of fused-ring (bicyclic) bond motifs is 1. The van der Waals surface area contributed by atoms with Crippen molar-refractivity contribution in [2.24, 2.45) is 0 Å². The van der Waals surface area contributed by atoms with Crippen molar-refractivity contribution in [1.82, 2.24) is 14.9 Å². The second kappa shape index (κ2) is 5.02. The molecule has 0 aliphatic carbocycles. The van der Waals surface area contributed by atoms with E-state index in [-0.39, 0.29) is 21.9 Å². The zero-order valence-electron chi connectivity index (χ0n) is 17.0. The highest BCUT2D eigenvalue weighted by Crippen LogP contribution is 2.45. The molecular weight excluding hydrogens is 282 g/mol. The fourth-order valence-electron chi connectivity index (χ4n) is 3.65. The van der Waals surface area contributed by atoms with Gasteiger partial charge >= 0.3 is 0 Å². The van der Waals surface area contributed by atoms with Crippen molar-refractivity contribution in [2.45, 2.75) is 105 Å². The van der Waals surface area contributed by atoms with Crippen LogP contribution >= 0.6 is 0 Å². The molecule has 130 valence electrons. The quantitative estimate of drug-likeness (QED) is 0.680. The zero-order chi connectivity index (χ0) is 18.0. The Labute approximate surface area is 142 Å². The smallest absolute Gasteiger partial charge is 0.134 e. The van der Waals surface area contributed by atoms with Crippen molar-refractivity contribution in [3.05, 3.63) is 22.8 Å². The average Bonchev–Trinajstić information content (AvgIpc) is 2.57. The molecule has 0 spiro atoms. The van der Waals surface area contributed by atoms with Crippen molar-refractivity contribution in [3.8, 4) is 0 Å². The Bertz CT molecular complexity index is 607. The normalized spacial score (nSPS) is 19.1. The van der Waals surface area contributed by atoms with Crippen molar-refractivity contribution in [1.29, 1.82) is 0 Å². The third kappa shape index (κ3) is 3.17. The van der Waals surface area contributed by atoms with Gasteiger partial charge in [0.25, 0.3) is 0 Å². The van der Waals surface area contributed by atoms with Gasteiger partial charge in [0.05, 0.1) is 16.9 Å². The first-order valence-corrected chi connectivity index (χ1v) is 8.76. The van der Waals surface area contributed by atoms with Crippen LogP contribution in [0.3, 0.4) is 0 Å². The number of rotatable bonds is 0. The molecule has 0 amide bonds. The highest BCUT2D eigenvalue weighted by Gasteiger charge is 2.46. The lowest BCUT2D eigenvalue weighted by Crippen LogP contribution is -2.48. The van der Waals surface area contributed by atoms with Gasteiger partial charge in [0.1, 0.15) is 5.82 Å². The van der Waals surface area contributed by atoms with E-state index in [1.807, 2.05) is 0 Å². The molecule has 3 nitrogen and oxygen atoms in total. The molecule has 1 aliphatic rings. The molecule has 0 fully saturated rings. The van der Waals surface area contributed by atoms with E-state index >= 15 is 0 Å². The molecule has 2 rings (SSSR count). The summed E-state index contributed by atoms with van der Waals surface area (Å²) in [7, 11) is 0. The van der Waals surface area contributed by atoms with Crippen molar-refractivity contribution < 1.29 is 0 Å². The zero-order valence-corrected chi connectivity index (χ0v) is 17.0. The van der Waals surface area contributed by atoms with Gasteiger partial charge in [-0.15, -0.1) is 0 Å². The third-order valence-electron chi connectivity index (χ3n) is 4.77. The maximum atomic E-state index is 5.06. The SMILES string of the molecule is CC(C)(C)c1nc(C(C)(C)C)c2c(n1)C(C)(C)N(C(C)(C)C)C2. The summed E-state index contributed by atoms with van der Waals surface area (Å²) in [6.45, 7) is 25.8. The van der Waals surface area contributed by atoms with Crippen LogP contribution in [-0.4, -0.2) is 20.4 Å². The largest absolute Gasteiger partial charge is 0.283 e. The van der Waals surface area contributed by atoms with E-state index in [0.717, 1.165) is 12.4 Å². The number of hydrogen-bond acceptors (Lipinski definition) is 3. The van der Waals surface area contributed by atoms with E-state index in [4.69, 9.17) is 9.97 Å². The summed E-state index contributed by atoms with van der Waals surface area (Å²) >= 11 is 0. The van der Waals surface area contributed by atoms with Crippen LogP contribution in [0.25, 0.3) is 0 Å². The molecule has 23 heavy (non-hydrogen) atoms. The van der Waals surface area contributed by atoms with Gasteiger partial charge in [0.2, 0.25) is 0 Å². The van der Waals surface area contributed by atoms with Gasteiger partial charge in [0.15, 0.2) is 0 Å². The minimum absolute atomic E-state index is 0.0248.